The molecule has 0 aliphatic carbocycles. The van der Waals surface area contributed by atoms with Gasteiger partial charge in [0.15, 0.2) is 0 Å². The molecule has 0 unspecified atom stereocenters. The lowest BCUT2D eigenvalue weighted by molar-refractivity contribution is -0.133. The van der Waals surface area contributed by atoms with E-state index in [9.17, 15) is 4.79 Å². The van der Waals surface area contributed by atoms with E-state index in [1.807, 2.05) is 4.90 Å². The fourth-order valence-electron chi connectivity index (χ4n) is 2.80. The lowest BCUT2D eigenvalue weighted by atomic mass is 10.2. The second kappa shape index (κ2) is 7.22. The third-order valence-corrected chi connectivity index (χ3v) is 4.41. The van der Waals surface area contributed by atoms with E-state index in [2.05, 4.69) is 28.7 Å². The fourth-order valence-corrected chi connectivity index (χ4v) is 2.80. The first-order valence-electron chi connectivity index (χ1n) is 7.60. The largest absolute Gasteiger partial charge is 0.340 e. The van der Waals surface area contributed by atoms with Crippen molar-refractivity contribution in [2.45, 2.75) is 13.3 Å². The van der Waals surface area contributed by atoms with Crippen molar-refractivity contribution in [3.63, 3.8) is 0 Å². The third kappa shape index (κ3) is 4.44. The van der Waals surface area contributed by atoms with E-state index in [0.717, 1.165) is 65.4 Å². The molecule has 0 aromatic rings. The smallest absolute Gasteiger partial charge is 0.223 e. The molecule has 2 aliphatic heterocycles. The van der Waals surface area contributed by atoms with Crippen LogP contribution in [0.15, 0.2) is 0 Å². The van der Waals surface area contributed by atoms with Crippen molar-refractivity contribution in [3.8, 4) is 0 Å². The summed E-state index contributed by atoms with van der Waals surface area (Å²) in [5.74, 6) is 0.342. The highest BCUT2D eigenvalue weighted by atomic mass is 16.2. The number of amides is 1. The summed E-state index contributed by atoms with van der Waals surface area (Å²) < 4.78 is 0. The average Bonchev–Trinajstić information content (AvgIpc) is 2.46. The number of nitrogens with zero attached hydrogens (tertiary/aromatic N) is 4. The number of likely N-dealkylation sites (N-methyl/N-ethyl adjacent to an activating group) is 2. The molecule has 5 nitrogen and oxygen atoms in total. The lowest BCUT2D eigenvalue weighted by Gasteiger charge is -2.35. The predicted molar refractivity (Wildman–Crippen MR) is 77.2 cm³/mol. The number of hydrogen-bond donors (Lipinski definition) is 0. The Balaban J connectivity index is 1.64. The van der Waals surface area contributed by atoms with Gasteiger partial charge in [-0.05, 0) is 13.6 Å². The van der Waals surface area contributed by atoms with Gasteiger partial charge >= 0.3 is 0 Å². The molecule has 2 fully saturated rings. The van der Waals surface area contributed by atoms with Crippen LogP contribution < -0.4 is 0 Å². The van der Waals surface area contributed by atoms with Gasteiger partial charge in [0.1, 0.15) is 0 Å². The highest BCUT2D eigenvalue weighted by Crippen LogP contribution is 2.05. The summed E-state index contributed by atoms with van der Waals surface area (Å²) in [7, 11) is 2.16. The van der Waals surface area contributed by atoms with Crippen LogP contribution in [0.25, 0.3) is 0 Å². The molecule has 0 spiro atoms. The normalized spacial score (nSPS) is 23.8. The van der Waals surface area contributed by atoms with Gasteiger partial charge in [-0.3, -0.25) is 4.79 Å². The van der Waals surface area contributed by atoms with Crippen LogP contribution in [0, 0.1) is 0 Å². The van der Waals surface area contributed by atoms with Gasteiger partial charge < -0.3 is 19.6 Å². The van der Waals surface area contributed by atoms with E-state index in [4.69, 9.17) is 0 Å². The summed E-state index contributed by atoms with van der Waals surface area (Å²) in [6, 6.07) is 0. The molecular weight excluding hydrogens is 240 g/mol. The van der Waals surface area contributed by atoms with E-state index in [1.54, 1.807) is 0 Å². The van der Waals surface area contributed by atoms with Crippen LogP contribution >= 0.6 is 0 Å². The SMILES string of the molecule is CCN1CCN(C(=O)CCN2CCN(C)CC2)CC1. The van der Waals surface area contributed by atoms with Crippen LogP contribution in [0.5, 0.6) is 0 Å². The maximum absolute atomic E-state index is 12.2. The maximum atomic E-state index is 12.2. The fraction of sp³-hybridized carbons (Fsp3) is 0.929. The molecule has 1 amide bonds. The molecule has 2 aliphatic rings. The lowest BCUT2D eigenvalue weighted by Crippen LogP contribution is -2.50. The van der Waals surface area contributed by atoms with Crippen LogP contribution in [0.2, 0.25) is 0 Å². The molecule has 0 bridgehead atoms. The Kier molecular flexibility index (Phi) is 5.60. The van der Waals surface area contributed by atoms with Crippen molar-refractivity contribution in [3.05, 3.63) is 0 Å². The van der Waals surface area contributed by atoms with Crippen molar-refractivity contribution >= 4 is 5.91 Å². The Hall–Kier alpha value is -0.650. The van der Waals surface area contributed by atoms with Crippen LogP contribution in [-0.2, 0) is 4.79 Å². The van der Waals surface area contributed by atoms with Gasteiger partial charge in [-0.1, -0.05) is 6.92 Å². The average molecular weight is 268 g/mol. The zero-order chi connectivity index (χ0) is 13.7. The molecule has 110 valence electrons. The van der Waals surface area contributed by atoms with Crippen LogP contribution in [0.1, 0.15) is 13.3 Å². The molecule has 2 saturated heterocycles. The molecule has 19 heavy (non-hydrogen) atoms. The first kappa shape index (κ1) is 14.8. The highest BCUT2D eigenvalue weighted by molar-refractivity contribution is 5.76. The number of rotatable bonds is 4. The summed E-state index contributed by atoms with van der Waals surface area (Å²) >= 11 is 0. The van der Waals surface area contributed by atoms with Crippen molar-refractivity contribution < 1.29 is 4.79 Å². The van der Waals surface area contributed by atoms with E-state index in [0.29, 0.717) is 12.3 Å². The van der Waals surface area contributed by atoms with Gasteiger partial charge in [0, 0.05) is 65.3 Å². The summed E-state index contributed by atoms with van der Waals surface area (Å²) in [5.41, 5.74) is 0. The molecule has 5 heteroatoms. The third-order valence-electron chi connectivity index (χ3n) is 4.41. The number of hydrogen-bond acceptors (Lipinski definition) is 4. The van der Waals surface area contributed by atoms with Crippen LogP contribution in [-0.4, -0.2) is 98.0 Å². The quantitative estimate of drug-likeness (QED) is 0.706. The zero-order valence-corrected chi connectivity index (χ0v) is 12.5. The summed E-state index contributed by atoms with van der Waals surface area (Å²) in [4.78, 5) is 21.4. The van der Waals surface area contributed by atoms with Crippen molar-refractivity contribution in [2.24, 2.45) is 0 Å². The number of carbonyl (C=O) groups is 1. The monoisotopic (exact) mass is 268 g/mol. The first-order chi connectivity index (χ1) is 9.19. The molecule has 2 rings (SSSR count). The molecule has 0 radical (unpaired) electrons. The first-order valence-corrected chi connectivity index (χ1v) is 7.60. The van der Waals surface area contributed by atoms with E-state index in [-0.39, 0.29) is 0 Å². The summed E-state index contributed by atoms with van der Waals surface area (Å²) in [6.45, 7) is 12.6. The molecule has 0 N–H and O–H groups in total. The van der Waals surface area contributed by atoms with Crippen molar-refractivity contribution in [1.82, 2.24) is 19.6 Å². The predicted octanol–water partition coefficient (Wildman–Crippen LogP) is -0.212. The molecule has 0 aromatic heterocycles. The number of piperazine rings is 2. The minimum Gasteiger partial charge on any atom is -0.340 e. The van der Waals surface area contributed by atoms with Gasteiger partial charge in [-0.2, -0.15) is 0 Å². The standard InChI is InChI=1S/C14H28N4O/c1-3-16-10-12-18(13-11-16)14(19)4-5-17-8-6-15(2)7-9-17/h3-13H2,1-2H3. The topological polar surface area (TPSA) is 30.0 Å². The van der Waals surface area contributed by atoms with Crippen LogP contribution in [0.4, 0.5) is 0 Å². The molecule has 0 saturated carbocycles. The van der Waals surface area contributed by atoms with Gasteiger partial charge in [-0.25, -0.2) is 0 Å². The molecule has 0 atom stereocenters. The highest BCUT2D eigenvalue weighted by Gasteiger charge is 2.21. The van der Waals surface area contributed by atoms with Crippen molar-refractivity contribution in [2.75, 3.05) is 72.5 Å². The van der Waals surface area contributed by atoms with Gasteiger partial charge in [0.25, 0.3) is 0 Å². The Labute approximate surface area is 117 Å². The Bertz CT molecular complexity index is 281. The van der Waals surface area contributed by atoms with E-state index in [1.165, 1.54) is 0 Å². The number of carbonyl (C=O) groups excluding carboxylic acids is 1. The molecular formula is C14H28N4O. The Morgan fingerprint density at radius 2 is 1.47 bits per heavy atom. The summed E-state index contributed by atoms with van der Waals surface area (Å²) in [6.07, 6.45) is 0.690. The van der Waals surface area contributed by atoms with Gasteiger partial charge in [0.05, 0.1) is 0 Å². The second-order valence-corrected chi connectivity index (χ2v) is 5.71. The van der Waals surface area contributed by atoms with Crippen LogP contribution in [0.3, 0.4) is 0 Å². The van der Waals surface area contributed by atoms with Gasteiger partial charge in [-0.15, -0.1) is 0 Å². The zero-order valence-electron chi connectivity index (χ0n) is 12.5. The molecule has 0 aromatic carbocycles. The second-order valence-electron chi connectivity index (χ2n) is 5.71. The summed E-state index contributed by atoms with van der Waals surface area (Å²) in [5, 5.41) is 0. The van der Waals surface area contributed by atoms with E-state index >= 15 is 0 Å². The van der Waals surface area contributed by atoms with E-state index < -0.39 is 0 Å². The maximum Gasteiger partial charge on any atom is 0.223 e. The van der Waals surface area contributed by atoms with Gasteiger partial charge in [0.2, 0.25) is 5.91 Å². The molecule has 2 heterocycles. The Morgan fingerprint density at radius 3 is 2.05 bits per heavy atom. The Morgan fingerprint density at radius 1 is 0.895 bits per heavy atom. The minimum absolute atomic E-state index is 0.342. The van der Waals surface area contributed by atoms with Crippen molar-refractivity contribution in [1.29, 1.82) is 0 Å². The minimum atomic E-state index is 0.342.